The molecular formula is C20H39KO7S. The van der Waals surface area contributed by atoms with Gasteiger partial charge in [-0.05, 0) is 12.8 Å². The van der Waals surface area contributed by atoms with Gasteiger partial charge in [0.2, 0.25) is 0 Å². The predicted molar refractivity (Wildman–Crippen MR) is 110 cm³/mol. The van der Waals surface area contributed by atoms with E-state index in [1.165, 1.54) is 6.42 Å². The first-order chi connectivity index (χ1) is 13.3. The number of rotatable bonds is 18. The second kappa shape index (κ2) is 20.4. The van der Waals surface area contributed by atoms with Crippen molar-refractivity contribution in [1.82, 2.24) is 0 Å². The third-order valence-electron chi connectivity index (χ3n) is 4.48. The zero-order valence-electron chi connectivity index (χ0n) is 19.5. The fourth-order valence-electron chi connectivity index (χ4n) is 2.74. The molecule has 168 valence electrons. The summed E-state index contributed by atoms with van der Waals surface area (Å²) in [6.07, 6.45) is 11.3. The fourth-order valence-corrected chi connectivity index (χ4v) is 3.39. The maximum atomic E-state index is 12.0. The number of unbranched alkanes of at least 4 members (excludes halogenated alkanes) is 10. The van der Waals surface area contributed by atoms with Crippen LogP contribution in [0.2, 0.25) is 0 Å². The normalized spacial score (nSPS) is 12.1. The van der Waals surface area contributed by atoms with Gasteiger partial charge in [0.25, 0.3) is 10.1 Å². The van der Waals surface area contributed by atoms with Crippen LogP contribution in [0.3, 0.4) is 0 Å². The van der Waals surface area contributed by atoms with E-state index in [1.807, 2.05) is 0 Å². The van der Waals surface area contributed by atoms with Gasteiger partial charge in [-0.15, -0.1) is 0 Å². The Labute approximate surface area is 220 Å². The predicted octanol–water partition coefficient (Wildman–Crippen LogP) is 1.56. The molecule has 0 heterocycles. The monoisotopic (exact) mass is 462 g/mol. The van der Waals surface area contributed by atoms with E-state index in [0.29, 0.717) is 12.8 Å². The van der Waals surface area contributed by atoms with Gasteiger partial charge in [-0.2, -0.15) is 8.42 Å². The van der Waals surface area contributed by atoms with Gasteiger partial charge < -0.3 is 10.9 Å². The quantitative estimate of drug-likeness (QED) is 0.143. The summed E-state index contributed by atoms with van der Waals surface area (Å²) < 4.78 is 42.0. The van der Waals surface area contributed by atoms with E-state index in [0.717, 1.165) is 57.8 Å². The largest absolute Gasteiger partial charge is 1.00 e. The average Bonchev–Trinajstić information content (AvgIpc) is 2.63. The molecule has 0 amide bonds. The zero-order chi connectivity index (χ0) is 21.3. The summed E-state index contributed by atoms with van der Waals surface area (Å²) in [5, 5.41) is -1.93. The van der Waals surface area contributed by atoms with Crippen LogP contribution in [0.1, 0.15) is 98.7 Å². The van der Waals surface area contributed by atoms with Gasteiger partial charge in [-0.1, -0.05) is 78.1 Å². The molecule has 0 bridgehead atoms. The van der Waals surface area contributed by atoms with Crippen molar-refractivity contribution in [3.8, 4) is 0 Å². The van der Waals surface area contributed by atoms with E-state index in [9.17, 15) is 22.6 Å². The molecule has 1 atom stereocenters. The van der Waals surface area contributed by atoms with Crippen molar-refractivity contribution in [2.45, 2.75) is 103 Å². The van der Waals surface area contributed by atoms with Gasteiger partial charge in [0.15, 0.2) is 5.25 Å². The molecule has 0 radical (unpaired) electrons. The van der Waals surface area contributed by atoms with Gasteiger partial charge in [0, 0.05) is 0 Å². The van der Waals surface area contributed by atoms with Crippen LogP contribution in [0.4, 0.5) is 0 Å². The Morgan fingerprint density at radius 2 is 1.21 bits per heavy atom. The summed E-state index contributed by atoms with van der Waals surface area (Å²) >= 11 is 0. The van der Waals surface area contributed by atoms with Crippen LogP contribution in [0.15, 0.2) is 0 Å². The van der Waals surface area contributed by atoms with E-state index in [1.54, 1.807) is 0 Å². The Balaban J connectivity index is -0.00000364. The Bertz CT molecular complexity index is 529. The summed E-state index contributed by atoms with van der Waals surface area (Å²) in [6.45, 7) is 4.50. The smallest absolute Gasteiger partial charge is 1.00 e. The Morgan fingerprint density at radius 1 is 0.793 bits per heavy atom. The van der Waals surface area contributed by atoms with Crippen molar-refractivity contribution in [3.63, 3.8) is 0 Å². The molecule has 0 aromatic rings. The Morgan fingerprint density at radius 3 is 1.66 bits per heavy atom. The molecule has 0 spiro atoms. The summed E-state index contributed by atoms with van der Waals surface area (Å²) in [6, 6.07) is 0. The standard InChI is InChI=1S/C20H38O7S.K.H/c1-3-5-7-9-11-13-15-26-19(21)17-18(28(23,24)25)20(22)27-16-14-12-10-8-6-4-2;;/h18H,3-17H2,1-2H3,(H,23,24,25);;/q;+1;-1. The van der Waals surface area contributed by atoms with Crippen molar-refractivity contribution in [1.29, 1.82) is 0 Å². The molecule has 0 rings (SSSR count). The second-order valence-electron chi connectivity index (χ2n) is 7.13. The maximum Gasteiger partial charge on any atom is 1.00 e. The van der Waals surface area contributed by atoms with Crippen molar-refractivity contribution >= 4 is 22.1 Å². The van der Waals surface area contributed by atoms with Gasteiger partial charge in [-0.25, -0.2) is 0 Å². The third kappa shape index (κ3) is 18.9. The first kappa shape index (κ1) is 31.7. The van der Waals surface area contributed by atoms with Crippen molar-refractivity contribution in [3.05, 3.63) is 0 Å². The van der Waals surface area contributed by atoms with Gasteiger partial charge in [0.05, 0.1) is 19.6 Å². The summed E-state index contributed by atoms with van der Waals surface area (Å²) in [5.74, 6) is -1.93. The molecule has 0 aliphatic heterocycles. The summed E-state index contributed by atoms with van der Waals surface area (Å²) in [5.41, 5.74) is 0. The van der Waals surface area contributed by atoms with E-state index in [4.69, 9.17) is 9.47 Å². The molecule has 0 aromatic carbocycles. The van der Waals surface area contributed by atoms with Gasteiger partial charge in [0.1, 0.15) is 0 Å². The van der Waals surface area contributed by atoms with Crippen molar-refractivity contribution in [2.75, 3.05) is 13.2 Å². The van der Waals surface area contributed by atoms with Crippen LogP contribution in [0, 0.1) is 0 Å². The van der Waals surface area contributed by atoms with E-state index in [2.05, 4.69) is 13.8 Å². The van der Waals surface area contributed by atoms with Crippen LogP contribution in [-0.4, -0.2) is 43.4 Å². The molecule has 1 N–H and O–H groups in total. The molecule has 0 saturated heterocycles. The Hall–Kier alpha value is 0.486. The molecule has 0 aliphatic rings. The molecule has 0 fully saturated rings. The topological polar surface area (TPSA) is 107 Å². The number of carbonyl (C=O) groups is 2. The molecule has 7 nitrogen and oxygen atoms in total. The minimum Gasteiger partial charge on any atom is -1.00 e. The second-order valence-corrected chi connectivity index (χ2v) is 8.73. The minimum atomic E-state index is -4.73. The zero-order valence-corrected chi connectivity index (χ0v) is 22.4. The maximum absolute atomic E-state index is 12.0. The van der Waals surface area contributed by atoms with Crippen molar-refractivity contribution in [2.24, 2.45) is 0 Å². The molecule has 1 unspecified atom stereocenters. The first-order valence-corrected chi connectivity index (χ1v) is 12.1. The summed E-state index contributed by atoms with van der Waals surface area (Å²) in [4.78, 5) is 23.8. The molecule has 0 aliphatic carbocycles. The molecule has 0 aromatic heterocycles. The number of hydrogen-bond acceptors (Lipinski definition) is 6. The summed E-state index contributed by atoms with van der Waals surface area (Å²) in [7, 11) is -4.73. The fraction of sp³-hybridized carbons (Fsp3) is 0.900. The van der Waals surface area contributed by atoms with Crippen LogP contribution >= 0.6 is 0 Å². The van der Waals surface area contributed by atoms with Gasteiger partial charge >= 0.3 is 63.3 Å². The average molecular weight is 463 g/mol. The van der Waals surface area contributed by atoms with E-state index < -0.39 is 33.7 Å². The number of esters is 2. The Kier molecular flexibility index (Phi) is 22.3. The van der Waals surface area contributed by atoms with Crippen LogP contribution < -0.4 is 51.4 Å². The third-order valence-corrected chi connectivity index (χ3v) is 5.56. The molecule has 29 heavy (non-hydrogen) atoms. The molecule has 0 saturated carbocycles. The van der Waals surface area contributed by atoms with Crippen LogP contribution in [0.5, 0.6) is 0 Å². The van der Waals surface area contributed by atoms with E-state index in [-0.39, 0.29) is 66.0 Å². The van der Waals surface area contributed by atoms with Crippen LogP contribution in [0.25, 0.3) is 0 Å². The van der Waals surface area contributed by atoms with Crippen molar-refractivity contribution < 1.29 is 84.8 Å². The van der Waals surface area contributed by atoms with Gasteiger partial charge in [-0.3, -0.25) is 14.1 Å². The number of carbonyl (C=O) groups excluding carboxylic acids is 2. The number of ether oxygens (including phenoxy) is 2. The first-order valence-electron chi connectivity index (χ1n) is 10.6. The number of hydrogen-bond donors (Lipinski definition) is 1. The molecular weight excluding hydrogens is 423 g/mol. The SMILES string of the molecule is CCCCCCCCOC(=O)CC(C(=O)OCCCCCCCC)S(=O)(=O)O.[H-].[K+]. The van der Waals surface area contributed by atoms with Crippen LogP contribution in [-0.2, 0) is 29.2 Å². The minimum absolute atomic E-state index is 0. The molecule has 9 heteroatoms. The van der Waals surface area contributed by atoms with E-state index >= 15 is 0 Å².